The van der Waals surface area contributed by atoms with Crippen LogP contribution in [0.25, 0.3) is 11.3 Å². The molecule has 1 atom stereocenters. The van der Waals surface area contributed by atoms with Gasteiger partial charge in [-0.25, -0.2) is 4.79 Å². The lowest BCUT2D eigenvalue weighted by atomic mass is 9.86. The molecule has 5 nitrogen and oxygen atoms in total. The second kappa shape index (κ2) is 6.98. The van der Waals surface area contributed by atoms with Gasteiger partial charge in [-0.3, -0.25) is 4.79 Å². The lowest BCUT2D eigenvalue weighted by Gasteiger charge is -2.33. The first-order chi connectivity index (χ1) is 12.4. The number of ether oxygens (including phenoxy) is 2. The lowest BCUT2D eigenvalue weighted by molar-refractivity contribution is 0.0523. The Balaban J connectivity index is 2.25. The normalized spacial score (nSPS) is 15.4. The molecule has 138 valence electrons. The Morgan fingerprint density at radius 3 is 2.65 bits per heavy atom. The number of carbonyl (C=O) groups excluding carboxylic acids is 1. The highest BCUT2D eigenvalue weighted by molar-refractivity contribution is 5.89. The molecule has 0 radical (unpaired) electrons. The van der Waals surface area contributed by atoms with Gasteiger partial charge in [-0.1, -0.05) is 19.9 Å². The average Bonchev–Trinajstić information content (AvgIpc) is 2.59. The maximum absolute atomic E-state index is 12.6. The zero-order chi connectivity index (χ0) is 19.0. The first-order valence-corrected chi connectivity index (χ1v) is 8.98. The summed E-state index contributed by atoms with van der Waals surface area (Å²) in [6, 6.07) is 5.83. The summed E-state index contributed by atoms with van der Waals surface area (Å²) in [5, 5.41) is 0. The van der Waals surface area contributed by atoms with Gasteiger partial charge in [-0.2, -0.15) is 0 Å². The molecule has 0 amide bonds. The third kappa shape index (κ3) is 3.02. The van der Waals surface area contributed by atoms with Crippen molar-refractivity contribution in [3.63, 3.8) is 0 Å². The number of benzene rings is 1. The molecular formula is C21H25NO4. The standard InChI is InChI=1S/C21H25NO4/c1-6-26-21(24)16-11-22-17(12(2)3)8-14-7-13(4)20(25-5)9-15(14)18(22)10-19(16)23/h7,9-12,17H,6,8H2,1-5H3. The van der Waals surface area contributed by atoms with Crippen molar-refractivity contribution in [2.24, 2.45) is 5.92 Å². The number of esters is 1. The van der Waals surface area contributed by atoms with E-state index in [9.17, 15) is 9.59 Å². The Labute approximate surface area is 153 Å². The number of aromatic nitrogens is 1. The predicted octanol–water partition coefficient (Wildman–Crippen LogP) is 3.76. The molecule has 2 aromatic rings. The lowest BCUT2D eigenvalue weighted by Crippen LogP contribution is -2.28. The molecule has 1 unspecified atom stereocenters. The van der Waals surface area contributed by atoms with Crippen LogP contribution in [0.5, 0.6) is 5.75 Å². The Bertz CT molecular complexity index is 911. The highest BCUT2D eigenvalue weighted by Crippen LogP contribution is 2.40. The molecule has 0 fully saturated rings. The van der Waals surface area contributed by atoms with E-state index in [4.69, 9.17) is 9.47 Å². The second-order valence-corrected chi connectivity index (χ2v) is 7.06. The fraction of sp³-hybridized carbons (Fsp3) is 0.429. The molecule has 1 aromatic carbocycles. The zero-order valence-corrected chi connectivity index (χ0v) is 16.0. The van der Waals surface area contributed by atoms with Crippen molar-refractivity contribution in [3.8, 4) is 17.0 Å². The summed E-state index contributed by atoms with van der Waals surface area (Å²) in [5.41, 5.74) is 3.85. The van der Waals surface area contributed by atoms with Crippen LogP contribution >= 0.6 is 0 Å². The van der Waals surface area contributed by atoms with Crippen molar-refractivity contribution in [2.75, 3.05) is 13.7 Å². The van der Waals surface area contributed by atoms with Crippen molar-refractivity contribution >= 4 is 5.97 Å². The van der Waals surface area contributed by atoms with Crippen LogP contribution in [-0.2, 0) is 11.2 Å². The minimum Gasteiger partial charge on any atom is -0.496 e. The quantitative estimate of drug-likeness (QED) is 0.784. The van der Waals surface area contributed by atoms with Gasteiger partial charge in [0.05, 0.1) is 19.4 Å². The van der Waals surface area contributed by atoms with Crippen molar-refractivity contribution in [1.82, 2.24) is 4.57 Å². The van der Waals surface area contributed by atoms with Crippen LogP contribution in [0.2, 0.25) is 0 Å². The van der Waals surface area contributed by atoms with Crippen molar-refractivity contribution in [1.29, 1.82) is 0 Å². The highest BCUT2D eigenvalue weighted by Gasteiger charge is 2.28. The molecule has 0 saturated heterocycles. The van der Waals surface area contributed by atoms with Gasteiger partial charge < -0.3 is 14.0 Å². The number of rotatable bonds is 4. The van der Waals surface area contributed by atoms with Gasteiger partial charge in [0.2, 0.25) is 0 Å². The summed E-state index contributed by atoms with van der Waals surface area (Å²) in [6.07, 6.45) is 2.51. The van der Waals surface area contributed by atoms with Gasteiger partial charge in [0.15, 0.2) is 5.43 Å². The molecule has 26 heavy (non-hydrogen) atoms. The van der Waals surface area contributed by atoms with E-state index in [1.807, 2.05) is 13.0 Å². The van der Waals surface area contributed by atoms with Crippen molar-refractivity contribution < 1.29 is 14.3 Å². The number of hydrogen-bond donors (Lipinski definition) is 0. The summed E-state index contributed by atoms with van der Waals surface area (Å²) in [5.74, 6) is 0.574. The summed E-state index contributed by atoms with van der Waals surface area (Å²) >= 11 is 0. The van der Waals surface area contributed by atoms with E-state index in [-0.39, 0.29) is 23.6 Å². The van der Waals surface area contributed by atoms with Crippen LogP contribution in [0, 0.1) is 12.8 Å². The van der Waals surface area contributed by atoms with E-state index in [1.165, 1.54) is 5.56 Å². The van der Waals surface area contributed by atoms with Crippen LogP contribution < -0.4 is 10.2 Å². The average molecular weight is 355 g/mol. The zero-order valence-electron chi connectivity index (χ0n) is 16.0. The topological polar surface area (TPSA) is 57.5 Å². The van der Waals surface area contributed by atoms with E-state index < -0.39 is 5.97 Å². The first-order valence-electron chi connectivity index (χ1n) is 8.98. The number of fused-ring (bicyclic) bond motifs is 3. The molecule has 5 heteroatoms. The molecule has 0 bridgehead atoms. The van der Waals surface area contributed by atoms with Crippen LogP contribution in [0.3, 0.4) is 0 Å². The van der Waals surface area contributed by atoms with E-state index in [0.717, 1.165) is 29.0 Å². The van der Waals surface area contributed by atoms with Crippen LogP contribution in [0.4, 0.5) is 0 Å². The Morgan fingerprint density at radius 2 is 2.04 bits per heavy atom. The van der Waals surface area contributed by atoms with Crippen LogP contribution in [-0.4, -0.2) is 24.3 Å². The summed E-state index contributed by atoms with van der Waals surface area (Å²) < 4.78 is 12.6. The predicted molar refractivity (Wildman–Crippen MR) is 101 cm³/mol. The number of nitrogens with zero attached hydrogens (tertiary/aromatic N) is 1. The monoisotopic (exact) mass is 355 g/mol. The third-order valence-corrected chi connectivity index (χ3v) is 5.03. The molecular weight excluding hydrogens is 330 g/mol. The Hall–Kier alpha value is -2.56. The van der Waals surface area contributed by atoms with Crippen LogP contribution in [0.1, 0.15) is 48.3 Å². The largest absolute Gasteiger partial charge is 0.496 e. The van der Waals surface area contributed by atoms with Gasteiger partial charge in [0.25, 0.3) is 0 Å². The molecule has 2 heterocycles. The fourth-order valence-electron chi connectivity index (χ4n) is 3.66. The minimum atomic E-state index is -0.567. The SMILES string of the molecule is CCOC(=O)c1cn2c(cc1=O)-c1cc(OC)c(C)cc1CC2C(C)C. The van der Waals surface area contributed by atoms with Gasteiger partial charge in [0, 0.05) is 23.9 Å². The minimum absolute atomic E-state index is 0.0868. The Kier molecular flexibility index (Phi) is 4.90. The van der Waals surface area contributed by atoms with Gasteiger partial charge >= 0.3 is 5.97 Å². The number of pyridine rings is 1. The molecule has 1 aliphatic heterocycles. The van der Waals surface area contributed by atoms with E-state index in [2.05, 4.69) is 24.5 Å². The number of hydrogen-bond acceptors (Lipinski definition) is 4. The summed E-state index contributed by atoms with van der Waals surface area (Å²) in [7, 11) is 1.64. The second-order valence-electron chi connectivity index (χ2n) is 7.06. The number of aryl methyl sites for hydroxylation is 1. The highest BCUT2D eigenvalue weighted by atomic mass is 16.5. The van der Waals surface area contributed by atoms with E-state index in [0.29, 0.717) is 5.92 Å². The van der Waals surface area contributed by atoms with Crippen molar-refractivity contribution in [3.05, 3.63) is 51.3 Å². The van der Waals surface area contributed by atoms with Gasteiger partial charge in [-0.15, -0.1) is 0 Å². The number of methoxy groups -OCH3 is 1. The summed E-state index contributed by atoms with van der Waals surface area (Å²) in [4.78, 5) is 24.7. The van der Waals surface area contributed by atoms with E-state index in [1.54, 1.807) is 26.3 Å². The first kappa shape index (κ1) is 18.2. The molecule has 1 aliphatic rings. The molecule has 0 spiro atoms. The molecule has 0 aliphatic carbocycles. The van der Waals surface area contributed by atoms with Gasteiger partial charge in [0.1, 0.15) is 11.3 Å². The molecule has 0 N–H and O–H groups in total. The maximum Gasteiger partial charge on any atom is 0.343 e. The molecule has 1 aromatic heterocycles. The van der Waals surface area contributed by atoms with Gasteiger partial charge in [-0.05, 0) is 43.4 Å². The smallest absolute Gasteiger partial charge is 0.343 e. The molecule has 0 saturated carbocycles. The van der Waals surface area contributed by atoms with Crippen molar-refractivity contribution in [2.45, 2.75) is 40.2 Å². The summed E-state index contributed by atoms with van der Waals surface area (Å²) in [6.45, 7) is 8.30. The number of carbonyl (C=O) groups is 1. The fourth-order valence-corrected chi connectivity index (χ4v) is 3.66. The maximum atomic E-state index is 12.6. The molecule has 3 rings (SSSR count). The third-order valence-electron chi connectivity index (χ3n) is 5.03. The Morgan fingerprint density at radius 1 is 1.31 bits per heavy atom. The van der Waals surface area contributed by atoms with Crippen LogP contribution in [0.15, 0.2) is 29.2 Å². The van der Waals surface area contributed by atoms with E-state index >= 15 is 0 Å².